The van der Waals surface area contributed by atoms with Gasteiger partial charge in [0, 0.05) is 23.3 Å². The van der Waals surface area contributed by atoms with Gasteiger partial charge >= 0.3 is 0 Å². The van der Waals surface area contributed by atoms with E-state index in [0.717, 1.165) is 10.6 Å². The number of nitrogens with zero attached hydrogens (tertiary/aromatic N) is 4. The first kappa shape index (κ1) is 16.9. The molecule has 0 fully saturated rings. The molecule has 0 spiro atoms. The summed E-state index contributed by atoms with van der Waals surface area (Å²) in [5, 5.41) is 8.46. The SMILES string of the molecule is CSc1ccccc1-n1nnn(C2CC(=O)/C=C/OCC2C)c1=S. The van der Waals surface area contributed by atoms with E-state index < -0.39 is 0 Å². The first-order valence-corrected chi connectivity index (χ1v) is 9.24. The normalized spacial score (nSPS) is 22.5. The summed E-state index contributed by atoms with van der Waals surface area (Å²) in [6, 6.07) is 7.71. The van der Waals surface area contributed by atoms with Crippen LogP contribution in [-0.2, 0) is 9.53 Å². The quantitative estimate of drug-likeness (QED) is 0.617. The van der Waals surface area contributed by atoms with E-state index in [1.54, 1.807) is 21.1 Å². The molecule has 2 atom stereocenters. The Labute approximate surface area is 149 Å². The number of allylic oxidation sites excluding steroid dienone is 1. The van der Waals surface area contributed by atoms with Crippen molar-refractivity contribution in [2.75, 3.05) is 12.9 Å². The molecule has 0 N–H and O–H groups in total. The second-order valence-electron chi connectivity index (χ2n) is 5.64. The lowest BCUT2D eigenvalue weighted by Gasteiger charge is -2.23. The molecule has 0 saturated heterocycles. The topological polar surface area (TPSA) is 61.9 Å². The van der Waals surface area contributed by atoms with Crippen molar-refractivity contribution in [2.45, 2.75) is 24.3 Å². The van der Waals surface area contributed by atoms with Crippen molar-refractivity contribution >= 4 is 29.8 Å². The van der Waals surface area contributed by atoms with Crippen LogP contribution in [0, 0.1) is 10.7 Å². The molecule has 0 aliphatic carbocycles. The fourth-order valence-electron chi connectivity index (χ4n) is 2.67. The highest BCUT2D eigenvalue weighted by molar-refractivity contribution is 7.98. The molecule has 3 rings (SSSR count). The van der Waals surface area contributed by atoms with Crippen molar-refractivity contribution in [1.29, 1.82) is 0 Å². The number of ether oxygens (including phenoxy) is 1. The number of para-hydroxylation sites is 1. The number of hydrogen-bond acceptors (Lipinski definition) is 6. The minimum Gasteiger partial charge on any atom is -0.501 e. The maximum atomic E-state index is 12.0. The minimum atomic E-state index is -0.176. The monoisotopic (exact) mass is 362 g/mol. The van der Waals surface area contributed by atoms with Gasteiger partial charge in [0.05, 0.1) is 24.6 Å². The predicted molar refractivity (Wildman–Crippen MR) is 94.9 cm³/mol. The van der Waals surface area contributed by atoms with E-state index in [4.69, 9.17) is 17.0 Å². The van der Waals surface area contributed by atoms with E-state index in [0.29, 0.717) is 17.8 Å². The Hall–Kier alpha value is -1.93. The highest BCUT2D eigenvalue weighted by Crippen LogP contribution is 2.27. The van der Waals surface area contributed by atoms with Gasteiger partial charge in [0.1, 0.15) is 0 Å². The zero-order valence-electron chi connectivity index (χ0n) is 13.5. The van der Waals surface area contributed by atoms with Crippen LogP contribution in [0.2, 0.25) is 0 Å². The summed E-state index contributed by atoms with van der Waals surface area (Å²) >= 11 is 7.21. The van der Waals surface area contributed by atoms with Crippen molar-refractivity contribution in [1.82, 2.24) is 19.8 Å². The summed E-state index contributed by atoms with van der Waals surface area (Å²) in [4.78, 5) is 13.0. The van der Waals surface area contributed by atoms with Crippen LogP contribution in [0.3, 0.4) is 0 Å². The Morgan fingerprint density at radius 1 is 1.33 bits per heavy atom. The lowest BCUT2D eigenvalue weighted by Crippen LogP contribution is -2.25. The van der Waals surface area contributed by atoms with Crippen LogP contribution in [0.4, 0.5) is 0 Å². The van der Waals surface area contributed by atoms with Gasteiger partial charge in [0.25, 0.3) is 0 Å². The van der Waals surface area contributed by atoms with Crippen LogP contribution in [0.15, 0.2) is 41.5 Å². The van der Waals surface area contributed by atoms with Crippen molar-refractivity contribution in [2.24, 2.45) is 5.92 Å². The average Bonchev–Trinajstić information content (AvgIpc) is 2.96. The largest absolute Gasteiger partial charge is 0.501 e. The molecule has 1 aliphatic rings. The molecule has 1 aliphatic heterocycles. The van der Waals surface area contributed by atoms with Gasteiger partial charge in [-0.2, -0.15) is 4.68 Å². The number of thioether (sulfide) groups is 1. The maximum absolute atomic E-state index is 12.0. The zero-order chi connectivity index (χ0) is 17.1. The highest BCUT2D eigenvalue weighted by Gasteiger charge is 2.26. The molecular weight excluding hydrogens is 344 g/mol. The molecular formula is C16H18N4O2S2. The van der Waals surface area contributed by atoms with E-state index in [-0.39, 0.29) is 17.7 Å². The molecule has 0 radical (unpaired) electrons. The van der Waals surface area contributed by atoms with Gasteiger partial charge in [-0.25, -0.2) is 4.68 Å². The number of tetrazole rings is 1. The van der Waals surface area contributed by atoms with Crippen molar-refractivity contribution < 1.29 is 9.53 Å². The van der Waals surface area contributed by atoms with E-state index in [9.17, 15) is 4.79 Å². The lowest BCUT2D eigenvalue weighted by atomic mass is 9.97. The highest BCUT2D eigenvalue weighted by atomic mass is 32.2. The Morgan fingerprint density at radius 3 is 2.92 bits per heavy atom. The number of carbonyl (C=O) groups is 1. The van der Waals surface area contributed by atoms with Crippen molar-refractivity contribution in [3.8, 4) is 5.69 Å². The molecule has 2 unspecified atom stereocenters. The number of aromatic nitrogens is 4. The molecule has 8 heteroatoms. The van der Waals surface area contributed by atoms with Gasteiger partial charge in [-0.3, -0.25) is 4.79 Å². The summed E-state index contributed by atoms with van der Waals surface area (Å²) in [5.41, 5.74) is 0.891. The summed E-state index contributed by atoms with van der Waals surface area (Å²) in [6.45, 7) is 2.53. The number of ketones is 1. The number of carbonyl (C=O) groups excluding carboxylic acids is 1. The number of benzene rings is 1. The van der Waals surface area contributed by atoms with Gasteiger partial charge in [-0.1, -0.05) is 19.1 Å². The number of hydrogen-bond donors (Lipinski definition) is 0. The molecule has 0 amide bonds. The standard InChI is InChI=1S/C16H18N4O2S2/c1-11-10-22-8-7-12(21)9-14(11)20-16(23)19(17-18-20)13-5-3-4-6-15(13)24-2/h3-8,11,14H,9-10H2,1-2H3/b8-7+. The Kier molecular flexibility index (Phi) is 5.15. The molecule has 126 valence electrons. The first-order chi connectivity index (χ1) is 11.6. The van der Waals surface area contributed by atoms with Crippen LogP contribution in [-0.4, -0.2) is 38.4 Å². The second kappa shape index (κ2) is 7.31. The minimum absolute atomic E-state index is 0.00693. The Morgan fingerprint density at radius 2 is 2.12 bits per heavy atom. The van der Waals surface area contributed by atoms with Crippen molar-refractivity contribution in [3.05, 3.63) is 41.4 Å². The van der Waals surface area contributed by atoms with Gasteiger partial charge in [0.2, 0.25) is 4.77 Å². The summed E-state index contributed by atoms with van der Waals surface area (Å²) in [6.07, 6.45) is 5.25. The molecule has 2 heterocycles. The molecule has 1 aromatic carbocycles. The summed E-state index contributed by atoms with van der Waals surface area (Å²) in [5.74, 6) is 0.0825. The average molecular weight is 362 g/mol. The molecule has 24 heavy (non-hydrogen) atoms. The molecule has 2 aromatic rings. The molecule has 6 nitrogen and oxygen atoms in total. The van der Waals surface area contributed by atoms with Gasteiger partial charge in [-0.05, 0) is 41.0 Å². The van der Waals surface area contributed by atoms with Crippen molar-refractivity contribution in [3.63, 3.8) is 0 Å². The molecule has 0 saturated carbocycles. The Balaban J connectivity index is 2.02. The van der Waals surface area contributed by atoms with E-state index in [2.05, 4.69) is 10.4 Å². The number of rotatable bonds is 3. The Bertz CT molecular complexity index is 827. The van der Waals surface area contributed by atoms with E-state index >= 15 is 0 Å². The lowest BCUT2D eigenvalue weighted by molar-refractivity contribution is -0.116. The zero-order valence-corrected chi connectivity index (χ0v) is 15.1. The van der Waals surface area contributed by atoms with Gasteiger partial charge in [-0.15, -0.1) is 11.8 Å². The third-order valence-electron chi connectivity index (χ3n) is 4.01. The van der Waals surface area contributed by atoms with E-state index in [1.807, 2.05) is 37.4 Å². The smallest absolute Gasteiger partial charge is 0.221 e. The van der Waals surface area contributed by atoms with Crippen LogP contribution in [0.1, 0.15) is 19.4 Å². The van der Waals surface area contributed by atoms with Crippen LogP contribution < -0.4 is 0 Å². The van der Waals surface area contributed by atoms with E-state index in [1.165, 1.54) is 12.3 Å². The summed E-state index contributed by atoms with van der Waals surface area (Å²) < 4.78 is 9.16. The predicted octanol–water partition coefficient (Wildman–Crippen LogP) is 3.20. The third kappa shape index (κ3) is 3.29. The van der Waals surface area contributed by atoms with Gasteiger partial charge < -0.3 is 4.74 Å². The first-order valence-electron chi connectivity index (χ1n) is 7.60. The summed E-state index contributed by atoms with van der Waals surface area (Å²) in [7, 11) is 0. The van der Waals surface area contributed by atoms with Crippen LogP contribution in [0.25, 0.3) is 5.69 Å². The van der Waals surface area contributed by atoms with Crippen LogP contribution in [0.5, 0.6) is 0 Å². The maximum Gasteiger partial charge on any atom is 0.221 e. The van der Waals surface area contributed by atoms with Gasteiger partial charge in [0.15, 0.2) is 5.78 Å². The fourth-order valence-corrected chi connectivity index (χ4v) is 3.55. The third-order valence-corrected chi connectivity index (χ3v) is 5.15. The second-order valence-corrected chi connectivity index (χ2v) is 6.85. The molecule has 0 bridgehead atoms. The molecule has 1 aromatic heterocycles. The van der Waals surface area contributed by atoms with Crippen LogP contribution >= 0.6 is 24.0 Å². The fraction of sp³-hybridized carbons (Fsp3) is 0.375.